The Labute approximate surface area is 196 Å². The fourth-order valence-corrected chi connectivity index (χ4v) is 3.64. The van der Waals surface area contributed by atoms with Gasteiger partial charge in [0.1, 0.15) is 17.3 Å². The molecule has 2 amide bonds. The Kier molecular flexibility index (Phi) is 8.20. The van der Waals surface area contributed by atoms with E-state index in [1.165, 1.54) is 19.2 Å². The molecule has 168 valence electrons. The standard InChI is InChI=1S/C24H23Cl2FN2O3/c1-31-20-9-10-22(23(14-20)32-2)28-24(30)29(15-16-3-7-19(27)8-4-16)12-11-17-5-6-18(25)13-21(17)26/h3-10,13-14H,11-12,15H2,1-2H3,(H,28,30). The van der Waals surface area contributed by atoms with Crippen LogP contribution in [-0.2, 0) is 13.0 Å². The first-order valence-corrected chi connectivity index (χ1v) is 10.6. The summed E-state index contributed by atoms with van der Waals surface area (Å²) in [6.07, 6.45) is 0.518. The maximum atomic E-state index is 13.3. The van der Waals surface area contributed by atoms with Gasteiger partial charge in [-0.25, -0.2) is 9.18 Å². The molecule has 1 N–H and O–H groups in total. The van der Waals surface area contributed by atoms with Crippen LogP contribution in [0.3, 0.4) is 0 Å². The molecule has 0 spiro atoms. The van der Waals surface area contributed by atoms with Crippen LogP contribution in [0.25, 0.3) is 0 Å². The van der Waals surface area contributed by atoms with E-state index in [0.29, 0.717) is 40.2 Å². The summed E-state index contributed by atoms with van der Waals surface area (Å²) in [5, 5.41) is 3.97. The van der Waals surface area contributed by atoms with Gasteiger partial charge in [0.2, 0.25) is 0 Å². The molecule has 3 aromatic rings. The van der Waals surface area contributed by atoms with Gasteiger partial charge >= 0.3 is 6.03 Å². The van der Waals surface area contributed by atoms with Crippen LogP contribution in [-0.4, -0.2) is 31.7 Å². The summed E-state index contributed by atoms with van der Waals surface area (Å²) in [6, 6.07) is 16.1. The van der Waals surface area contributed by atoms with Gasteiger partial charge in [-0.3, -0.25) is 0 Å². The zero-order chi connectivity index (χ0) is 23.1. The van der Waals surface area contributed by atoms with Crippen LogP contribution < -0.4 is 14.8 Å². The zero-order valence-corrected chi connectivity index (χ0v) is 19.2. The van der Waals surface area contributed by atoms with Gasteiger partial charge in [0, 0.05) is 29.2 Å². The third-order valence-electron chi connectivity index (χ3n) is 4.89. The fraction of sp³-hybridized carbons (Fsp3) is 0.208. The number of urea groups is 1. The van der Waals surface area contributed by atoms with Gasteiger partial charge < -0.3 is 19.7 Å². The predicted octanol–water partition coefficient (Wildman–Crippen LogP) is 6.43. The molecule has 0 saturated carbocycles. The molecule has 3 aromatic carbocycles. The molecule has 0 heterocycles. The summed E-state index contributed by atoms with van der Waals surface area (Å²) in [5.41, 5.74) is 2.17. The minimum Gasteiger partial charge on any atom is -0.497 e. The van der Waals surface area contributed by atoms with Crippen LogP contribution in [0, 0.1) is 5.82 Å². The smallest absolute Gasteiger partial charge is 0.322 e. The molecule has 0 atom stereocenters. The summed E-state index contributed by atoms with van der Waals surface area (Å²) >= 11 is 12.3. The van der Waals surface area contributed by atoms with Crippen LogP contribution in [0.2, 0.25) is 10.0 Å². The Balaban J connectivity index is 1.80. The molecule has 3 rings (SSSR count). The van der Waals surface area contributed by atoms with Gasteiger partial charge in [-0.15, -0.1) is 0 Å². The Morgan fingerprint density at radius 3 is 2.41 bits per heavy atom. The van der Waals surface area contributed by atoms with E-state index < -0.39 is 0 Å². The molecule has 5 nitrogen and oxygen atoms in total. The van der Waals surface area contributed by atoms with E-state index >= 15 is 0 Å². The van der Waals surface area contributed by atoms with E-state index in [-0.39, 0.29) is 18.4 Å². The van der Waals surface area contributed by atoms with Crippen molar-refractivity contribution in [3.05, 3.63) is 87.7 Å². The molecule has 0 aromatic heterocycles. The Morgan fingerprint density at radius 1 is 1.00 bits per heavy atom. The number of halogens is 3. The molecule has 0 unspecified atom stereocenters. The second-order valence-electron chi connectivity index (χ2n) is 7.03. The first-order valence-electron chi connectivity index (χ1n) is 9.86. The average Bonchev–Trinajstić information content (AvgIpc) is 2.79. The number of rotatable bonds is 8. The van der Waals surface area contributed by atoms with Crippen LogP contribution in [0.5, 0.6) is 11.5 Å². The summed E-state index contributed by atoms with van der Waals surface area (Å²) in [7, 11) is 3.07. The molecule has 0 aliphatic carbocycles. The Bertz CT molecular complexity index is 1080. The SMILES string of the molecule is COc1ccc(NC(=O)N(CCc2ccc(Cl)cc2Cl)Cc2ccc(F)cc2)c(OC)c1. The van der Waals surface area contributed by atoms with E-state index in [1.807, 2.05) is 6.07 Å². The number of benzene rings is 3. The summed E-state index contributed by atoms with van der Waals surface area (Å²) in [4.78, 5) is 14.8. The number of ether oxygens (including phenoxy) is 2. The Hall–Kier alpha value is -2.96. The molecule has 0 aliphatic rings. The van der Waals surface area contributed by atoms with E-state index in [4.69, 9.17) is 32.7 Å². The van der Waals surface area contributed by atoms with Crippen molar-refractivity contribution >= 4 is 34.9 Å². The van der Waals surface area contributed by atoms with Crippen molar-refractivity contribution in [2.45, 2.75) is 13.0 Å². The van der Waals surface area contributed by atoms with Gasteiger partial charge in [0.15, 0.2) is 0 Å². The molecular weight excluding hydrogens is 454 g/mol. The average molecular weight is 477 g/mol. The molecule has 0 fully saturated rings. The minimum atomic E-state index is -0.333. The zero-order valence-electron chi connectivity index (χ0n) is 17.7. The van der Waals surface area contributed by atoms with E-state index in [2.05, 4.69) is 5.32 Å². The number of carbonyl (C=O) groups is 1. The summed E-state index contributed by atoms with van der Waals surface area (Å²) in [5.74, 6) is 0.751. The monoisotopic (exact) mass is 476 g/mol. The third kappa shape index (κ3) is 6.28. The van der Waals surface area contributed by atoms with Crippen molar-refractivity contribution < 1.29 is 18.7 Å². The van der Waals surface area contributed by atoms with Gasteiger partial charge in [-0.05, 0) is 53.9 Å². The van der Waals surface area contributed by atoms with Crippen LogP contribution in [0.1, 0.15) is 11.1 Å². The number of methoxy groups -OCH3 is 2. The first-order chi connectivity index (χ1) is 15.4. The number of hydrogen-bond donors (Lipinski definition) is 1. The highest BCUT2D eigenvalue weighted by Crippen LogP contribution is 2.29. The first kappa shape index (κ1) is 23.7. The second kappa shape index (κ2) is 11.1. The fourth-order valence-electron chi connectivity index (χ4n) is 3.14. The maximum absolute atomic E-state index is 13.3. The van der Waals surface area contributed by atoms with Crippen molar-refractivity contribution in [3.63, 3.8) is 0 Å². The molecule has 0 saturated heterocycles. The highest BCUT2D eigenvalue weighted by molar-refractivity contribution is 6.35. The lowest BCUT2D eigenvalue weighted by Crippen LogP contribution is -2.36. The largest absolute Gasteiger partial charge is 0.497 e. The van der Waals surface area contributed by atoms with Crippen LogP contribution >= 0.6 is 23.2 Å². The number of anilines is 1. The normalized spacial score (nSPS) is 10.5. The highest BCUT2D eigenvalue weighted by Gasteiger charge is 2.17. The van der Waals surface area contributed by atoms with Crippen molar-refractivity contribution in [2.75, 3.05) is 26.1 Å². The predicted molar refractivity (Wildman–Crippen MR) is 126 cm³/mol. The number of carbonyl (C=O) groups excluding carboxylic acids is 1. The molecule has 0 aliphatic heterocycles. The van der Waals surface area contributed by atoms with Crippen molar-refractivity contribution in [2.24, 2.45) is 0 Å². The van der Waals surface area contributed by atoms with E-state index in [9.17, 15) is 9.18 Å². The lowest BCUT2D eigenvalue weighted by atomic mass is 10.1. The van der Waals surface area contributed by atoms with Crippen molar-refractivity contribution in [1.82, 2.24) is 4.90 Å². The molecular formula is C24H23Cl2FN2O3. The van der Waals surface area contributed by atoms with Crippen molar-refractivity contribution in [3.8, 4) is 11.5 Å². The lowest BCUT2D eigenvalue weighted by Gasteiger charge is -2.24. The number of amides is 2. The molecule has 8 heteroatoms. The van der Waals surface area contributed by atoms with Crippen molar-refractivity contribution in [1.29, 1.82) is 0 Å². The second-order valence-corrected chi connectivity index (χ2v) is 7.87. The molecule has 32 heavy (non-hydrogen) atoms. The summed E-state index contributed by atoms with van der Waals surface area (Å²) in [6.45, 7) is 0.666. The van der Waals surface area contributed by atoms with E-state index in [0.717, 1.165) is 11.1 Å². The third-order valence-corrected chi connectivity index (χ3v) is 5.48. The summed E-state index contributed by atoms with van der Waals surface area (Å²) < 4.78 is 23.9. The molecule has 0 radical (unpaired) electrons. The molecule has 0 bridgehead atoms. The number of hydrogen-bond acceptors (Lipinski definition) is 3. The van der Waals surface area contributed by atoms with Crippen LogP contribution in [0.15, 0.2) is 60.7 Å². The Morgan fingerprint density at radius 2 is 1.75 bits per heavy atom. The minimum absolute atomic E-state index is 0.287. The number of nitrogens with zero attached hydrogens (tertiary/aromatic N) is 1. The van der Waals surface area contributed by atoms with Gasteiger partial charge in [-0.1, -0.05) is 41.4 Å². The van der Waals surface area contributed by atoms with Gasteiger partial charge in [-0.2, -0.15) is 0 Å². The highest BCUT2D eigenvalue weighted by atomic mass is 35.5. The topological polar surface area (TPSA) is 50.8 Å². The van der Waals surface area contributed by atoms with Crippen LogP contribution in [0.4, 0.5) is 14.9 Å². The lowest BCUT2D eigenvalue weighted by molar-refractivity contribution is 0.209. The van der Waals surface area contributed by atoms with Gasteiger partial charge in [0.25, 0.3) is 0 Å². The van der Waals surface area contributed by atoms with Gasteiger partial charge in [0.05, 0.1) is 19.9 Å². The quantitative estimate of drug-likeness (QED) is 0.407. The number of nitrogens with one attached hydrogen (secondary N) is 1. The van der Waals surface area contributed by atoms with E-state index in [1.54, 1.807) is 54.5 Å². The maximum Gasteiger partial charge on any atom is 0.322 e.